The van der Waals surface area contributed by atoms with Gasteiger partial charge in [0.05, 0.1) is 6.26 Å². The second-order valence-electron chi connectivity index (χ2n) is 2.72. The van der Waals surface area contributed by atoms with E-state index in [0.29, 0.717) is 0 Å². The second kappa shape index (κ2) is 5.80. The van der Waals surface area contributed by atoms with E-state index in [1.807, 2.05) is 12.1 Å². The summed E-state index contributed by atoms with van der Waals surface area (Å²) in [7, 11) is 0. The van der Waals surface area contributed by atoms with Crippen molar-refractivity contribution in [2.45, 2.75) is 12.8 Å². The zero-order chi connectivity index (χ0) is 8.65. The highest BCUT2D eigenvalue weighted by Gasteiger charge is 1.93. The van der Waals surface area contributed by atoms with Crippen LogP contribution >= 0.6 is 0 Å². The molecule has 3 nitrogen and oxygen atoms in total. The molecule has 0 unspecified atom stereocenters. The van der Waals surface area contributed by atoms with Crippen LogP contribution in [0.4, 0.5) is 0 Å². The van der Waals surface area contributed by atoms with Gasteiger partial charge in [-0.2, -0.15) is 0 Å². The zero-order valence-electron chi connectivity index (χ0n) is 7.25. The standard InChI is InChI=1S/C9H16N2O/c10-5-2-6-11-7-4-9-3-1-8-12-9/h1,3,8,11H,2,4-7,10H2. The summed E-state index contributed by atoms with van der Waals surface area (Å²) < 4.78 is 5.18. The lowest BCUT2D eigenvalue weighted by Crippen LogP contribution is -2.20. The number of nitrogens with one attached hydrogen (secondary N) is 1. The summed E-state index contributed by atoms with van der Waals surface area (Å²) in [4.78, 5) is 0. The second-order valence-corrected chi connectivity index (χ2v) is 2.72. The minimum Gasteiger partial charge on any atom is -0.469 e. The molecule has 0 aromatic carbocycles. The molecule has 0 atom stereocenters. The van der Waals surface area contributed by atoms with Crippen LogP contribution in [0.25, 0.3) is 0 Å². The van der Waals surface area contributed by atoms with Gasteiger partial charge >= 0.3 is 0 Å². The Balaban J connectivity index is 1.96. The Morgan fingerprint density at radius 1 is 1.42 bits per heavy atom. The van der Waals surface area contributed by atoms with E-state index in [-0.39, 0.29) is 0 Å². The van der Waals surface area contributed by atoms with E-state index in [2.05, 4.69) is 5.32 Å². The molecular weight excluding hydrogens is 152 g/mol. The summed E-state index contributed by atoms with van der Waals surface area (Å²) in [6, 6.07) is 3.90. The van der Waals surface area contributed by atoms with Crippen molar-refractivity contribution in [3.8, 4) is 0 Å². The topological polar surface area (TPSA) is 51.2 Å². The first-order valence-corrected chi connectivity index (χ1v) is 4.36. The van der Waals surface area contributed by atoms with Crippen molar-refractivity contribution in [3.05, 3.63) is 24.2 Å². The maximum atomic E-state index is 5.35. The molecule has 3 N–H and O–H groups in total. The van der Waals surface area contributed by atoms with Gasteiger partial charge in [-0.3, -0.25) is 0 Å². The summed E-state index contributed by atoms with van der Waals surface area (Å²) >= 11 is 0. The van der Waals surface area contributed by atoms with Crippen LogP contribution in [0.15, 0.2) is 22.8 Å². The van der Waals surface area contributed by atoms with Crippen LogP contribution < -0.4 is 11.1 Å². The first-order valence-electron chi connectivity index (χ1n) is 4.36. The smallest absolute Gasteiger partial charge is 0.105 e. The number of hydrogen-bond acceptors (Lipinski definition) is 3. The minimum absolute atomic E-state index is 0.758. The van der Waals surface area contributed by atoms with Gasteiger partial charge < -0.3 is 15.5 Å². The van der Waals surface area contributed by atoms with Crippen molar-refractivity contribution in [2.24, 2.45) is 5.73 Å². The lowest BCUT2D eigenvalue weighted by atomic mass is 10.3. The van der Waals surface area contributed by atoms with Crippen LogP contribution in [-0.2, 0) is 6.42 Å². The normalized spacial score (nSPS) is 10.4. The van der Waals surface area contributed by atoms with Crippen LogP contribution in [0.1, 0.15) is 12.2 Å². The molecule has 3 heteroatoms. The molecule has 12 heavy (non-hydrogen) atoms. The molecule has 0 saturated heterocycles. The summed E-state index contributed by atoms with van der Waals surface area (Å²) in [5.41, 5.74) is 5.35. The van der Waals surface area contributed by atoms with Crippen LogP contribution in [0.5, 0.6) is 0 Å². The van der Waals surface area contributed by atoms with E-state index in [4.69, 9.17) is 10.2 Å². The highest BCUT2D eigenvalue weighted by atomic mass is 16.3. The number of nitrogens with two attached hydrogens (primary N) is 1. The van der Waals surface area contributed by atoms with Gasteiger partial charge in [0.1, 0.15) is 5.76 Å². The van der Waals surface area contributed by atoms with Gasteiger partial charge in [-0.1, -0.05) is 0 Å². The summed E-state index contributed by atoms with van der Waals surface area (Å²) in [6.07, 6.45) is 3.70. The van der Waals surface area contributed by atoms with Gasteiger partial charge in [0.25, 0.3) is 0 Å². The fourth-order valence-corrected chi connectivity index (χ4v) is 1.02. The molecule has 1 aromatic rings. The third-order valence-electron chi connectivity index (χ3n) is 1.69. The SMILES string of the molecule is NCCCNCCc1ccco1. The number of hydrogen-bond donors (Lipinski definition) is 2. The molecular formula is C9H16N2O. The zero-order valence-corrected chi connectivity index (χ0v) is 7.25. The van der Waals surface area contributed by atoms with Gasteiger partial charge in [-0.05, 0) is 31.6 Å². The van der Waals surface area contributed by atoms with Gasteiger partial charge in [0, 0.05) is 13.0 Å². The van der Waals surface area contributed by atoms with Gasteiger partial charge in [-0.15, -0.1) is 0 Å². The van der Waals surface area contributed by atoms with Crippen LogP contribution in [0.2, 0.25) is 0 Å². The maximum Gasteiger partial charge on any atom is 0.105 e. The Kier molecular flexibility index (Phi) is 4.49. The molecule has 0 saturated carbocycles. The van der Waals surface area contributed by atoms with Crippen molar-refractivity contribution in [1.82, 2.24) is 5.32 Å². The van der Waals surface area contributed by atoms with Crippen LogP contribution in [0.3, 0.4) is 0 Å². The number of furan rings is 1. The fraction of sp³-hybridized carbons (Fsp3) is 0.556. The summed E-state index contributed by atoms with van der Waals surface area (Å²) in [6.45, 7) is 2.72. The fourth-order valence-electron chi connectivity index (χ4n) is 1.02. The van der Waals surface area contributed by atoms with E-state index in [0.717, 1.165) is 38.2 Å². The Bertz CT molecular complexity index is 184. The lowest BCUT2D eigenvalue weighted by molar-refractivity contribution is 0.498. The first-order chi connectivity index (χ1) is 5.93. The lowest BCUT2D eigenvalue weighted by Gasteiger charge is -2.00. The van der Waals surface area contributed by atoms with Crippen molar-refractivity contribution < 1.29 is 4.42 Å². The van der Waals surface area contributed by atoms with Crippen molar-refractivity contribution in [1.29, 1.82) is 0 Å². The molecule has 0 fully saturated rings. The first kappa shape index (κ1) is 9.29. The molecule has 1 aromatic heterocycles. The molecule has 0 aliphatic heterocycles. The summed E-state index contributed by atoms with van der Waals surface area (Å²) in [5.74, 6) is 1.04. The summed E-state index contributed by atoms with van der Waals surface area (Å²) in [5, 5.41) is 3.28. The highest BCUT2D eigenvalue weighted by Crippen LogP contribution is 1.99. The van der Waals surface area contributed by atoms with Crippen molar-refractivity contribution in [2.75, 3.05) is 19.6 Å². The van der Waals surface area contributed by atoms with E-state index in [9.17, 15) is 0 Å². The maximum absolute atomic E-state index is 5.35. The Labute approximate surface area is 72.9 Å². The Morgan fingerprint density at radius 3 is 3.00 bits per heavy atom. The predicted molar refractivity (Wildman–Crippen MR) is 49.0 cm³/mol. The third-order valence-corrected chi connectivity index (χ3v) is 1.69. The molecule has 0 spiro atoms. The average Bonchev–Trinajstić information content (AvgIpc) is 2.57. The number of rotatable bonds is 6. The molecule has 0 bridgehead atoms. The van der Waals surface area contributed by atoms with E-state index < -0.39 is 0 Å². The quantitative estimate of drug-likeness (QED) is 0.617. The monoisotopic (exact) mass is 168 g/mol. The molecule has 0 amide bonds. The van der Waals surface area contributed by atoms with E-state index in [1.54, 1.807) is 6.26 Å². The highest BCUT2D eigenvalue weighted by molar-refractivity contribution is 4.98. The van der Waals surface area contributed by atoms with E-state index in [1.165, 1.54) is 0 Å². The average molecular weight is 168 g/mol. The van der Waals surface area contributed by atoms with Gasteiger partial charge in [0.2, 0.25) is 0 Å². The molecule has 1 rings (SSSR count). The largest absolute Gasteiger partial charge is 0.469 e. The molecule has 68 valence electrons. The predicted octanol–water partition coefficient (Wildman–Crippen LogP) is 0.760. The molecule has 0 radical (unpaired) electrons. The Hall–Kier alpha value is -0.800. The van der Waals surface area contributed by atoms with Gasteiger partial charge in [-0.25, -0.2) is 0 Å². The van der Waals surface area contributed by atoms with E-state index >= 15 is 0 Å². The van der Waals surface area contributed by atoms with Crippen molar-refractivity contribution in [3.63, 3.8) is 0 Å². The van der Waals surface area contributed by atoms with Crippen LogP contribution in [-0.4, -0.2) is 19.6 Å². The van der Waals surface area contributed by atoms with Gasteiger partial charge in [0.15, 0.2) is 0 Å². The third kappa shape index (κ3) is 3.55. The molecule has 0 aliphatic rings. The van der Waals surface area contributed by atoms with Crippen LogP contribution in [0, 0.1) is 0 Å². The Morgan fingerprint density at radius 2 is 2.33 bits per heavy atom. The van der Waals surface area contributed by atoms with Crippen molar-refractivity contribution >= 4 is 0 Å². The molecule has 1 heterocycles. The minimum atomic E-state index is 0.758. The molecule has 0 aliphatic carbocycles.